The van der Waals surface area contributed by atoms with Gasteiger partial charge in [0.2, 0.25) is 0 Å². The fourth-order valence-corrected chi connectivity index (χ4v) is 3.02. The summed E-state index contributed by atoms with van der Waals surface area (Å²) in [5, 5.41) is 0. The van der Waals surface area contributed by atoms with E-state index in [-0.39, 0.29) is 17.6 Å². The third kappa shape index (κ3) is 6.29. The van der Waals surface area contributed by atoms with Gasteiger partial charge in [-0.3, -0.25) is 4.79 Å². The molecule has 21 heavy (non-hydrogen) atoms. The lowest BCUT2D eigenvalue weighted by molar-refractivity contribution is -0.119. The quantitative estimate of drug-likeness (QED) is 0.365. The first-order valence-electron chi connectivity index (χ1n) is 8.38. The minimum atomic E-state index is -0.0284. The molecule has 0 aliphatic heterocycles. The standard InChI is InChI=1S/C20H30O/c1-4-6-7-8-9-11-14-18(5-2)20(17(3)21)19-15-12-10-13-16-19/h5,10,12-13,15-16,18,20H,2,4,6-9,11,14H2,1,3H3. The molecule has 0 amide bonds. The van der Waals surface area contributed by atoms with Gasteiger partial charge in [0.1, 0.15) is 5.78 Å². The van der Waals surface area contributed by atoms with Crippen molar-refractivity contribution in [2.24, 2.45) is 5.92 Å². The summed E-state index contributed by atoms with van der Waals surface area (Å²) in [7, 11) is 0. The molecule has 2 atom stereocenters. The Balaban J connectivity index is 2.55. The molecule has 2 unspecified atom stereocenters. The van der Waals surface area contributed by atoms with Crippen molar-refractivity contribution in [1.29, 1.82) is 0 Å². The molecule has 1 heteroatoms. The highest BCUT2D eigenvalue weighted by molar-refractivity contribution is 5.84. The summed E-state index contributed by atoms with van der Waals surface area (Å²) >= 11 is 0. The highest BCUT2D eigenvalue weighted by Crippen LogP contribution is 2.30. The summed E-state index contributed by atoms with van der Waals surface area (Å²) < 4.78 is 0. The van der Waals surface area contributed by atoms with Crippen LogP contribution in [0.15, 0.2) is 43.0 Å². The zero-order chi connectivity index (χ0) is 15.5. The van der Waals surface area contributed by atoms with Gasteiger partial charge >= 0.3 is 0 Å². The number of benzene rings is 1. The summed E-state index contributed by atoms with van der Waals surface area (Å²) in [5.41, 5.74) is 1.13. The number of carbonyl (C=O) groups is 1. The molecule has 0 radical (unpaired) electrons. The molecule has 0 heterocycles. The van der Waals surface area contributed by atoms with Crippen LogP contribution in [0.1, 0.15) is 70.3 Å². The highest BCUT2D eigenvalue weighted by Gasteiger charge is 2.24. The summed E-state index contributed by atoms with van der Waals surface area (Å²) in [5.74, 6) is 0.479. The minimum absolute atomic E-state index is 0.0284. The van der Waals surface area contributed by atoms with Crippen molar-refractivity contribution in [2.45, 2.75) is 64.7 Å². The maximum Gasteiger partial charge on any atom is 0.137 e. The van der Waals surface area contributed by atoms with E-state index in [4.69, 9.17) is 0 Å². The van der Waals surface area contributed by atoms with Crippen molar-refractivity contribution >= 4 is 5.78 Å². The van der Waals surface area contributed by atoms with Crippen LogP contribution in [-0.2, 0) is 4.79 Å². The summed E-state index contributed by atoms with van der Waals surface area (Å²) in [6.45, 7) is 7.91. The molecule has 0 fully saturated rings. The van der Waals surface area contributed by atoms with Crippen molar-refractivity contribution in [3.63, 3.8) is 0 Å². The Kier molecular flexibility index (Phi) is 8.73. The number of unbranched alkanes of at least 4 members (excludes halogenated alkanes) is 5. The fraction of sp³-hybridized carbons (Fsp3) is 0.550. The second-order valence-corrected chi connectivity index (χ2v) is 5.96. The molecule has 0 aliphatic carbocycles. The van der Waals surface area contributed by atoms with Gasteiger partial charge in [-0.2, -0.15) is 0 Å². The van der Waals surface area contributed by atoms with Gasteiger partial charge < -0.3 is 0 Å². The second kappa shape index (κ2) is 10.4. The molecule has 0 saturated heterocycles. The van der Waals surface area contributed by atoms with Crippen LogP contribution >= 0.6 is 0 Å². The van der Waals surface area contributed by atoms with Crippen molar-refractivity contribution < 1.29 is 4.79 Å². The van der Waals surface area contributed by atoms with Gasteiger partial charge in [0.25, 0.3) is 0 Å². The van der Waals surface area contributed by atoms with E-state index >= 15 is 0 Å². The Morgan fingerprint density at radius 2 is 1.71 bits per heavy atom. The number of carbonyl (C=O) groups excluding carboxylic acids is 1. The van der Waals surface area contributed by atoms with Crippen LogP contribution in [0.5, 0.6) is 0 Å². The first kappa shape index (κ1) is 17.7. The molecule has 1 aromatic carbocycles. The van der Waals surface area contributed by atoms with Gasteiger partial charge in [0.05, 0.1) is 0 Å². The predicted molar refractivity (Wildman–Crippen MR) is 91.5 cm³/mol. The van der Waals surface area contributed by atoms with Gasteiger partial charge in [-0.1, -0.05) is 81.9 Å². The van der Waals surface area contributed by atoms with E-state index in [9.17, 15) is 4.79 Å². The summed E-state index contributed by atoms with van der Waals surface area (Å²) in [6, 6.07) is 10.1. The molecule has 0 spiro atoms. The third-order valence-corrected chi connectivity index (χ3v) is 4.22. The van der Waals surface area contributed by atoms with Gasteiger partial charge in [-0.15, -0.1) is 6.58 Å². The number of allylic oxidation sites excluding steroid dienone is 1. The Morgan fingerprint density at radius 1 is 1.10 bits per heavy atom. The zero-order valence-electron chi connectivity index (χ0n) is 13.7. The lowest BCUT2D eigenvalue weighted by Gasteiger charge is -2.23. The number of ketones is 1. The minimum Gasteiger partial charge on any atom is -0.299 e. The van der Waals surface area contributed by atoms with Crippen molar-refractivity contribution in [3.8, 4) is 0 Å². The maximum absolute atomic E-state index is 12.1. The molecule has 116 valence electrons. The smallest absolute Gasteiger partial charge is 0.137 e. The van der Waals surface area contributed by atoms with E-state index in [0.717, 1.165) is 12.0 Å². The largest absolute Gasteiger partial charge is 0.299 e. The van der Waals surface area contributed by atoms with Crippen LogP contribution in [0.25, 0.3) is 0 Å². The molecule has 0 saturated carbocycles. The van der Waals surface area contributed by atoms with E-state index < -0.39 is 0 Å². The monoisotopic (exact) mass is 286 g/mol. The van der Waals surface area contributed by atoms with Crippen LogP contribution in [-0.4, -0.2) is 5.78 Å². The van der Waals surface area contributed by atoms with Gasteiger partial charge in [-0.25, -0.2) is 0 Å². The molecule has 0 aromatic heterocycles. The molecule has 1 nitrogen and oxygen atoms in total. The SMILES string of the molecule is C=CC(CCCCCCCC)C(C(C)=O)c1ccccc1. The van der Waals surface area contributed by atoms with Crippen LogP contribution in [0, 0.1) is 5.92 Å². The number of Topliss-reactive ketones (excluding diaryl/α,β-unsaturated/α-hetero) is 1. The average Bonchev–Trinajstić information content (AvgIpc) is 2.50. The Labute approximate surface area is 130 Å². The van der Waals surface area contributed by atoms with Gasteiger partial charge in [0.15, 0.2) is 0 Å². The van der Waals surface area contributed by atoms with Crippen LogP contribution in [0.3, 0.4) is 0 Å². The number of rotatable bonds is 11. The van der Waals surface area contributed by atoms with Crippen LogP contribution in [0.2, 0.25) is 0 Å². The maximum atomic E-state index is 12.1. The Hall–Kier alpha value is -1.37. The summed E-state index contributed by atoms with van der Waals surface area (Å²) in [4.78, 5) is 12.1. The third-order valence-electron chi connectivity index (χ3n) is 4.22. The molecule has 0 bridgehead atoms. The van der Waals surface area contributed by atoms with Crippen LogP contribution in [0.4, 0.5) is 0 Å². The number of hydrogen-bond donors (Lipinski definition) is 0. The molecule has 0 N–H and O–H groups in total. The first-order valence-corrected chi connectivity index (χ1v) is 8.38. The van der Waals surface area contributed by atoms with E-state index in [1.165, 1.54) is 38.5 Å². The number of hydrogen-bond acceptors (Lipinski definition) is 1. The van der Waals surface area contributed by atoms with Gasteiger partial charge in [-0.05, 0) is 24.8 Å². The van der Waals surface area contributed by atoms with Crippen molar-refractivity contribution in [2.75, 3.05) is 0 Å². The topological polar surface area (TPSA) is 17.1 Å². The van der Waals surface area contributed by atoms with Crippen molar-refractivity contribution in [3.05, 3.63) is 48.6 Å². The Bertz CT molecular complexity index is 407. The van der Waals surface area contributed by atoms with Crippen molar-refractivity contribution in [1.82, 2.24) is 0 Å². The van der Waals surface area contributed by atoms with E-state index in [2.05, 4.69) is 25.6 Å². The average molecular weight is 286 g/mol. The Morgan fingerprint density at radius 3 is 2.29 bits per heavy atom. The predicted octanol–water partition coefficient (Wildman–Crippen LogP) is 5.91. The molecule has 1 aromatic rings. The van der Waals surface area contributed by atoms with E-state index in [1.54, 1.807) is 6.92 Å². The normalized spacial score (nSPS) is 13.6. The molecule has 0 aliphatic rings. The first-order chi connectivity index (χ1) is 10.2. The zero-order valence-corrected chi connectivity index (χ0v) is 13.7. The fourth-order valence-electron chi connectivity index (χ4n) is 3.02. The van der Waals surface area contributed by atoms with Crippen LogP contribution < -0.4 is 0 Å². The van der Waals surface area contributed by atoms with E-state index in [1.807, 2.05) is 24.3 Å². The lowest BCUT2D eigenvalue weighted by atomic mass is 9.80. The summed E-state index contributed by atoms with van der Waals surface area (Å²) in [6.07, 6.45) is 10.8. The second-order valence-electron chi connectivity index (χ2n) is 5.96. The van der Waals surface area contributed by atoms with E-state index in [0.29, 0.717) is 0 Å². The van der Waals surface area contributed by atoms with Gasteiger partial charge in [0, 0.05) is 5.92 Å². The molecular formula is C20H30O. The molecule has 1 rings (SSSR count). The highest BCUT2D eigenvalue weighted by atomic mass is 16.1. The molecular weight excluding hydrogens is 256 g/mol. The lowest BCUT2D eigenvalue weighted by Crippen LogP contribution is -2.18.